The summed E-state index contributed by atoms with van der Waals surface area (Å²) < 4.78 is 9.87. The fraction of sp³-hybridized carbons (Fsp3) is 0.333. The third-order valence-electron chi connectivity index (χ3n) is 3.00. The third kappa shape index (κ3) is 4.75. The Kier molecular flexibility index (Phi) is 5.57. The number of ether oxygens (including phenoxy) is 1. The molecule has 0 spiro atoms. The van der Waals surface area contributed by atoms with Crippen molar-refractivity contribution in [1.29, 1.82) is 0 Å². The Bertz CT molecular complexity index is 563. The van der Waals surface area contributed by atoms with Gasteiger partial charge < -0.3 is 14.5 Å². The quantitative estimate of drug-likeness (QED) is 0.799. The summed E-state index contributed by atoms with van der Waals surface area (Å²) in [6, 6.07) is 7.06. The van der Waals surface area contributed by atoms with Gasteiger partial charge in [0.2, 0.25) is 5.91 Å². The number of hydrogen-bond donors (Lipinski definition) is 1. The predicted molar refractivity (Wildman–Crippen MR) is 78.9 cm³/mol. The Labute approximate surface area is 126 Å². The standard InChI is InChI=1S/C15H17NO4S/c1-19-15(18)10-12(13-5-3-9-21-13)16-14(17)7-6-11-4-2-8-20-11/h2-5,8-9,12H,6-7,10H2,1H3,(H,16,17). The van der Waals surface area contributed by atoms with Gasteiger partial charge in [-0.15, -0.1) is 11.3 Å². The molecule has 0 fully saturated rings. The maximum atomic E-state index is 12.0. The first-order valence-electron chi connectivity index (χ1n) is 6.61. The van der Waals surface area contributed by atoms with Crippen LogP contribution in [0.5, 0.6) is 0 Å². The Morgan fingerprint density at radius 2 is 2.24 bits per heavy atom. The van der Waals surface area contributed by atoms with Gasteiger partial charge in [-0.2, -0.15) is 0 Å². The van der Waals surface area contributed by atoms with E-state index in [0.29, 0.717) is 12.8 Å². The molecule has 2 aromatic heterocycles. The topological polar surface area (TPSA) is 68.5 Å². The molecule has 0 bridgehead atoms. The molecule has 0 radical (unpaired) electrons. The number of esters is 1. The molecule has 2 aromatic rings. The lowest BCUT2D eigenvalue weighted by molar-refractivity contribution is -0.141. The van der Waals surface area contributed by atoms with Crippen molar-refractivity contribution in [2.75, 3.05) is 7.11 Å². The number of thiophene rings is 1. The van der Waals surface area contributed by atoms with Crippen LogP contribution < -0.4 is 5.32 Å². The average Bonchev–Trinajstić information content (AvgIpc) is 3.17. The molecule has 2 heterocycles. The van der Waals surface area contributed by atoms with Gasteiger partial charge in [0, 0.05) is 17.7 Å². The summed E-state index contributed by atoms with van der Waals surface area (Å²) in [5, 5.41) is 4.79. The lowest BCUT2D eigenvalue weighted by Gasteiger charge is -2.16. The number of amides is 1. The van der Waals surface area contributed by atoms with Gasteiger partial charge in [-0.25, -0.2) is 0 Å². The van der Waals surface area contributed by atoms with E-state index < -0.39 is 0 Å². The molecule has 1 amide bonds. The molecule has 0 aromatic carbocycles. The number of hydrogen-bond acceptors (Lipinski definition) is 5. The van der Waals surface area contributed by atoms with Crippen LogP contribution >= 0.6 is 11.3 Å². The summed E-state index contributed by atoms with van der Waals surface area (Å²) >= 11 is 1.50. The summed E-state index contributed by atoms with van der Waals surface area (Å²) in [6.45, 7) is 0. The van der Waals surface area contributed by atoms with Gasteiger partial charge in [-0.3, -0.25) is 9.59 Å². The molecular formula is C15H17NO4S. The minimum absolute atomic E-state index is 0.117. The van der Waals surface area contributed by atoms with E-state index in [9.17, 15) is 9.59 Å². The number of carbonyl (C=O) groups is 2. The molecule has 21 heavy (non-hydrogen) atoms. The fourth-order valence-electron chi connectivity index (χ4n) is 1.92. The first kappa shape index (κ1) is 15.3. The van der Waals surface area contributed by atoms with Crippen LogP contribution in [-0.2, 0) is 20.7 Å². The van der Waals surface area contributed by atoms with E-state index in [1.54, 1.807) is 12.3 Å². The Balaban J connectivity index is 1.91. The maximum absolute atomic E-state index is 12.0. The second kappa shape index (κ2) is 7.64. The van der Waals surface area contributed by atoms with Crippen molar-refractivity contribution in [1.82, 2.24) is 5.32 Å². The van der Waals surface area contributed by atoms with Crippen LogP contribution in [0.1, 0.15) is 29.5 Å². The van der Waals surface area contributed by atoms with E-state index in [2.05, 4.69) is 10.1 Å². The van der Waals surface area contributed by atoms with Crippen LogP contribution in [0.25, 0.3) is 0 Å². The number of methoxy groups -OCH3 is 1. The van der Waals surface area contributed by atoms with Gasteiger partial charge in [-0.1, -0.05) is 6.07 Å². The minimum atomic E-state index is -0.347. The van der Waals surface area contributed by atoms with Crippen LogP contribution in [0.4, 0.5) is 0 Å². The van der Waals surface area contributed by atoms with Crippen molar-refractivity contribution in [2.24, 2.45) is 0 Å². The zero-order chi connectivity index (χ0) is 15.1. The lowest BCUT2D eigenvalue weighted by Crippen LogP contribution is -2.30. The monoisotopic (exact) mass is 307 g/mol. The molecule has 112 valence electrons. The Morgan fingerprint density at radius 3 is 2.86 bits per heavy atom. The highest BCUT2D eigenvalue weighted by Crippen LogP contribution is 2.22. The second-order valence-corrected chi connectivity index (χ2v) is 5.47. The maximum Gasteiger partial charge on any atom is 0.307 e. The predicted octanol–water partition coefficient (Wildman–Crippen LogP) is 2.69. The largest absolute Gasteiger partial charge is 0.469 e. The highest BCUT2D eigenvalue weighted by Gasteiger charge is 2.19. The molecule has 0 aliphatic heterocycles. The Hall–Kier alpha value is -2.08. The molecule has 0 saturated heterocycles. The van der Waals surface area contributed by atoms with Gasteiger partial charge in [-0.05, 0) is 23.6 Å². The van der Waals surface area contributed by atoms with E-state index in [0.717, 1.165) is 10.6 Å². The van der Waals surface area contributed by atoms with E-state index >= 15 is 0 Å². The van der Waals surface area contributed by atoms with Crippen LogP contribution in [0.15, 0.2) is 40.3 Å². The number of rotatable bonds is 7. The summed E-state index contributed by atoms with van der Waals surface area (Å²) in [7, 11) is 1.34. The zero-order valence-corrected chi connectivity index (χ0v) is 12.5. The molecule has 0 aliphatic rings. The SMILES string of the molecule is COC(=O)CC(NC(=O)CCc1ccco1)c1cccs1. The summed E-state index contributed by atoms with van der Waals surface area (Å²) in [5.41, 5.74) is 0. The highest BCUT2D eigenvalue weighted by molar-refractivity contribution is 7.10. The molecule has 1 N–H and O–H groups in total. The fourth-order valence-corrected chi connectivity index (χ4v) is 2.70. The number of nitrogens with one attached hydrogen (secondary N) is 1. The van der Waals surface area contributed by atoms with Crippen molar-refractivity contribution in [3.05, 3.63) is 46.5 Å². The van der Waals surface area contributed by atoms with Gasteiger partial charge >= 0.3 is 5.97 Å². The highest BCUT2D eigenvalue weighted by atomic mass is 32.1. The van der Waals surface area contributed by atoms with Gasteiger partial charge in [0.05, 0.1) is 25.8 Å². The zero-order valence-electron chi connectivity index (χ0n) is 11.7. The van der Waals surface area contributed by atoms with E-state index in [-0.39, 0.29) is 24.3 Å². The normalized spacial score (nSPS) is 11.9. The van der Waals surface area contributed by atoms with Crippen LogP contribution in [-0.4, -0.2) is 19.0 Å². The van der Waals surface area contributed by atoms with Crippen molar-refractivity contribution in [3.8, 4) is 0 Å². The smallest absolute Gasteiger partial charge is 0.307 e. The first-order chi connectivity index (χ1) is 10.2. The molecule has 2 rings (SSSR count). The Morgan fingerprint density at radius 1 is 1.38 bits per heavy atom. The molecule has 1 unspecified atom stereocenters. The molecule has 0 saturated carbocycles. The molecule has 0 aliphatic carbocycles. The number of carbonyl (C=O) groups excluding carboxylic acids is 2. The second-order valence-electron chi connectivity index (χ2n) is 4.50. The summed E-state index contributed by atoms with van der Waals surface area (Å²) in [4.78, 5) is 24.4. The van der Waals surface area contributed by atoms with Gasteiger partial charge in [0.25, 0.3) is 0 Å². The van der Waals surface area contributed by atoms with Gasteiger partial charge in [0.15, 0.2) is 0 Å². The lowest BCUT2D eigenvalue weighted by atomic mass is 10.1. The number of aryl methyl sites for hydroxylation is 1. The van der Waals surface area contributed by atoms with Crippen molar-refractivity contribution >= 4 is 23.2 Å². The summed E-state index contributed by atoms with van der Waals surface area (Å²) in [5.74, 6) is 0.305. The van der Waals surface area contributed by atoms with Crippen molar-refractivity contribution < 1.29 is 18.7 Å². The third-order valence-corrected chi connectivity index (χ3v) is 3.98. The van der Waals surface area contributed by atoms with Crippen LogP contribution in [0.2, 0.25) is 0 Å². The summed E-state index contributed by atoms with van der Waals surface area (Å²) in [6.07, 6.45) is 2.56. The van der Waals surface area contributed by atoms with E-state index in [4.69, 9.17) is 4.42 Å². The first-order valence-corrected chi connectivity index (χ1v) is 7.49. The van der Waals surface area contributed by atoms with Crippen LogP contribution in [0, 0.1) is 0 Å². The van der Waals surface area contributed by atoms with Crippen molar-refractivity contribution in [3.63, 3.8) is 0 Å². The molecule has 5 nitrogen and oxygen atoms in total. The van der Waals surface area contributed by atoms with E-state index in [1.807, 2.05) is 23.6 Å². The molecular weight excluding hydrogens is 290 g/mol. The van der Waals surface area contributed by atoms with E-state index in [1.165, 1.54) is 18.4 Å². The average molecular weight is 307 g/mol. The van der Waals surface area contributed by atoms with Crippen molar-refractivity contribution in [2.45, 2.75) is 25.3 Å². The minimum Gasteiger partial charge on any atom is -0.469 e. The van der Waals surface area contributed by atoms with Crippen LogP contribution in [0.3, 0.4) is 0 Å². The molecule has 6 heteroatoms. The number of furan rings is 1. The van der Waals surface area contributed by atoms with Gasteiger partial charge in [0.1, 0.15) is 5.76 Å². The molecule has 1 atom stereocenters.